The van der Waals surface area contributed by atoms with Gasteiger partial charge < -0.3 is 10.1 Å². The number of rotatable bonds is 5. The van der Waals surface area contributed by atoms with Crippen molar-refractivity contribution in [3.05, 3.63) is 51.2 Å². The van der Waals surface area contributed by atoms with Crippen molar-refractivity contribution in [2.45, 2.75) is 39.2 Å². The van der Waals surface area contributed by atoms with Crippen LogP contribution in [-0.2, 0) is 22.4 Å². The first-order chi connectivity index (χ1) is 11.9. The van der Waals surface area contributed by atoms with E-state index in [0.717, 1.165) is 19.3 Å². The van der Waals surface area contributed by atoms with Crippen molar-refractivity contribution in [2.75, 3.05) is 5.32 Å². The van der Waals surface area contributed by atoms with E-state index in [9.17, 15) is 14.4 Å². The predicted octanol–water partition coefficient (Wildman–Crippen LogP) is 3.62. The molecule has 130 valence electrons. The maximum atomic E-state index is 12.2. The summed E-state index contributed by atoms with van der Waals surface area (Å²) in [5, 5.41) is 2.68. The van der Waals surface area contributed by atoms with Crippen LogP contribution in [0.2, 0.25) is 0 Å². The minimum absolute atomic E-state index is 0.0389. The number of amides is 1. The largest absolute Gasteiger partial charge is 0.448 e. The molecule has 1 aromatic heterocycles. The number of carbonyl (C=O) groups excluding carboxylic acids is 3. The zero-order chi connectivity index (χ0) is 18.0. The van der Waals surface area contributed by atoms with Crippen molar-refractivity contribution in [3.63, 3.8) is 0 Å². The van der Waals surface area contributed by atoms with Gasteiger partial charge in [0, 0.05) is 16.1 Å². The Balaban J connectivity index is 1.58. The molecule has 0 aliphatic heterocycles. The third kappa shape index (κ3) is 3.96. The number of hydrogen-bond donors (Lipinski definition) is 1. The molecule has 2 aromatic rings. The number of thiophene rings is 1. The van der Waals surface area contributed by atoms with Crippen LogP contribution in [0, 0.1) is 0 Å². The highest BCUT2D eigenvalue weighted by molar-refractivity contribution is 7.14. The monoisotopic (exact) mass is 357 g/mol. The summed E-state index contributed by atoms with van der Waals surface area (Å²) in [5.41, 5.74) is 2.34. The second-order valence-corrected chi connectivity index (χ2v) is 7.22. The highest BCUT2D eigenvalue weighted by Gasteiger charge is 2.23. The zero-order valence-electron chi connectivity index (χ0n) is 14.1. The summed E-state index contributed by atoms with van der Waals surface area (Å²) in [6, 6.07) is 8.45. The van der Waals surface area contributed by atoms with Gasteiger partial charge in [-0.2, -0.15) is 0 Å². The standard InChI is InChI=1S/C19H19NO4S/c1-11(21)13-6-8-15(9-7-13)20-18(22)12(2)24-19(23)17-10-14-4-3-5-16(14)25-17/h6-10,12H,3-5H2,1-2H3,(H,20,22)/t12-/m0/s1. The summed E-state index contributed by atoms with van der Waals surface area (Å²) in [5.74, 6) is -0.912. The molecule has 3 rings (SSSR count). The number of fused-ring (bicyclic) bond motifs is 1. The topological polar surface area (TPSA) is 72.5 Å². The fourth-order valence-corrected chi connectivity index (χ4v) is 3.87. The lowest BCUT2D eigenvalue weighted by Gasteiger charge is -2.13. The average molecular weight is 357 g/mol. The van der Waals surface area contributed by atoms with Gasteiger partial charge in [0.15, 0.2) is 11.9 Å². The summed E-state index contributed by atoms with van der Waals surface area (Å²) in [4.78, 5) is 37.4. The average Bonchev–Trinajstić information content (AvgIpc) is 3.16. The molecule has 1 atom stereocenters. The maximum Gasteiger partial charge on any atom is 0.349 e. The van der Waals surface area contributed by atoms with Gasteiger partial charge in [-0.25, -0.2) is 4.79 Å². The fraction of sp³-hybridized carbons (Fsp3) is 0.316. The van der Waals surface area contributed by atoms with E-state index >= 15 is 0 Å². The summed E-state index contributed by atoms with van der Waals surface area (Å²) < 4.78 is 5.27. The quantitative estimate of drug-likeness (QED) is 0.655. The highest BCUT2D eigenvalue weighted by Crippen LogP contribution is 2.31. The van der Waals surface area contributed by atoms with E-state index in [1.165, 1.54) is 28.7 Å². The number of ether oxygens (including phenoxy) is 1. The van der Waals surface area contributed by atoms with Crippen molar-refractivity contribution in [2.24, 2.45) is 0 Å². The van der Waals surface area contributed by atoms with E-state index in [2.05, 4.69) is 5.32 Å². The summed E-state index contributed by atoms with van der Waals surface area (Å²) in [7, 11) is 0. The van der Waals surface area contributed by atoms with E-state index in [-0.39, 0.29) is 5.78 Å². The molecule has 0 saturated carbocycles. The van der Waals surface area contributed by atoms with Gasteiger partial charge >= 0.3 is 5.97 Å². The lowest BCUT2D eigenvalue weighted by molar-refractivity contribution is -0.123. The number of nitrogens with one attached hydrogen (secondary N) is 1. The second kappa shape index (κ2) is 7.19. The minimum Gasteiger partial charge on any atom is -0.448 e. The van der Waals surface area contributed by atoms with Crippen LogP contribution < -0.4 is 5.32 Å². The molecular weight excluding hydrogens is 338 g/mol. The molecule has 0 bridgehead atoms. The molecule has 1 aliphatic carbocycles. The van der Waals surface area contributed by atoms with Gasteiger partial charge in [0.2, 0.25) is 0 Å². The minimum atomic E-state index is -0.906. The molecule has 0 radical (unpaired) electrons. The van der Waals surface area contributed by atoms with Gasteiger partial charge in [0.1, 0.15) is 4.88 Å². The number of Topliss-reactive ketones (excluding diaryl/α,β-unsaturated/α-hetero) is 1. The van der Waals surface area contributed by atoms with Crippen molar-refractivity contribution < 1.29 is 19.1 Å². The van der Waals surface area contributed by atoms with Crippen molar-refractivity contribution in [1.82, 2.24) is 0 Å². The maximum absolute atomic E-state index is 12.2. The molecular formula is C19H19NO4S. The first-order valence-electron chi connectivity index (χ1n) is 8.18. The Hall–Kier alpha value is -2.47. The molecule has 0 unspecified atom stereocenters. The normalized spacial score (nSPS) is 13.8. The van der Waals surface area contributed by atoms with Gasteiger partial charge in [-0.1, -0.05) is 0 Å². The van der Waals surface area contributed by atoms with Crippen LogP contribution in [0.3, 0.4) is 0 Å². The third-order valence-electron chi connectivity index (χ3n) is 4.16. The molecule has 0 saturated heterocycles. The predicted molar refractivity (Wildman–Crippen MR) is 96.3 cm³/mol. The van der Waals surface area contributed by atoms with E-state index in [0.29, 0.717) is 16.1 Å². The summed E-state index contributed by atoms with van der Waals surface area (Å²) >= 11 is 1.45. The van der Waals surface area contributed by atoms with E-state index in [1.54, 1.807) is 31.2 Å². The Morgan fingerprint density at radius 3 is 2.52 bits per heavy atom. The molecule has 1 N–H and O–H groups in total. The van der Waals surface area contributed by atoms with Crippen LogP contribution >= 0.6 is 11.3 Å². The van der Waals surface area contributed by atoms with Gasteiger partial charge in [0.25, 0.3) is 5.91 Å². The van der Waals surface area contributed by atoms with Crippen LogP contribution in [0.15, 0.2) is 30.3 Å². The number of hydrogen-bond acceptors (Lipinski definition) is 5. The Morgan fingerprint density at radius 1 is 1.16 bits per heavy atom. The van der Waals surface area contributed by atoms with Crippen molar-refractivity contribution in [1.29, 1.82) is 0 Å². The Kier molecular flexibility index (Phi) is 4.99. The lowest BCUT2D eigenvalue weighted by atomic mass is 10.1. The Labute approximate surface area is 150 Å². The smallest absolute Gasteiger partial charge is 0.349 e. The van der Waals surface area contributed by atoms with Gasteiger partial charge in [-0.3, -0.25) is 9.59 Å². The molecule has 0 fully saturated rings. The molecule has 1 heterocycles. The molecule has 1 aliphatic rings. The van der Waals surface area contributed by atoms with Crippen LogP contribution in [0.25, 0.3) is 0 Å². The SMILES string of the molecule is CC(=O)c1ccc(NC(=O)[C@H](C)OC(=O)c2cc3c(s2)CCC3)cc1. The molecule has 1 amide bonds. The number of benzene rings is 1. The molecule has 0 spiro atoms. The first kappa shape index (κ1) is 17.4. The zero-order valence-corrected chi connectivity index (χ0v) is 14.9. The number of esters is 1. The van der Waals surface area contributed by atoms with Crippen molar-refractivity contribution in [3.8, 4) is 0 Å². The van der Waals surface area contributed by atoms with Gasteiger partial charge in [-0.05, 0) is 69.0 Å². The summed E-state index contributed by atoms with van der Waals surface area (Å²) in [6.07, 6.45) is 2.25. The number of anilines is 1. The van der Waals surface area contributed by atoms with E-state index < -0.39 is 18.0 Å². The Bertz CT molecular complexity index is 801. The van der Waals surface area contributed by atoms with Gasteiger partial charge in [0.05, 0.1) is 0 Å². The first-order valence-corrected chi connectivity index (χ1v) is 9.00. The molecule has 5 nitrogen and oxygen atoms in total. The van der Waals surface area contributed by atoms with E-state index in [4.69, 9.17) is 4.74 Å². The van der Waals surface area contributed by atoms with Crippen molar-refractivity contribution >= 4 is 34.7 Å². The fourth-order valence-electron chi connectivity index (χ4n) is 2.73. The second-order valence-electron chi connectivity index (χ2n) is 6.08. The van der Waals surface area contributed by atoms with Crippen LogP contribution in [0.4, 0.5) is 5.69 Å². The van der Waals surface area contributed by atoms with Crippen LogP contribution in [0.1, 0.15) is 50.7 Å². The molecule has 6 heteroatoms. The number of carbonyl (C=O) groups is 3. The van der Waals surface area contributed by atoms with Crippen LogP contribution in [-0.4, -0.2) is 23.8 Å². The molecule has 1 aromatic carbocycles. The van der Waals surface area contributed by atoms with Crippen LogP contribution in [0.5, 0.6) is 0 Å². The summed E-state index contributed by atoms with van der Waals surface area (Å²) in [6.45, 7) is 3.02. The Morgan fingerprint density at radius 2 is 1.88 bits per heavy atom. The third-order valence-corrected chi connectivity index (χ3v) is 5.38. The van der Waals surface area contributed by atoms with Gasteiger partial charge in [-0.15, -0.1) is 11.3 Å². The molecule has 25 heavy (non-hydrogen) atoms. The number of aryl methyl sites for hydroxylation is 2. The number of ketones is 1. The highest BCUT2D eigenvalue weighted by atomic mass is 32.1. The lowest BCUT2D eigenvalue weighted by Crippen LogP contribution is -2.29. The van der Waals surface area contributed by atoms with E-state index in [1.807, 2.05) is 6.07 Å².